The minimum Gasteiger partial charge on any atom is -0.491 e. The van der Waals surface area contributed by atoms with Gasteiger partial charge in [0.25, 0.3) is 0 Å². The first-order chi connectivity index (χ1) is 14.9. The number of allylic oxidation sites excluding steroid dienone is 3. The fourth-order valence-electron chi connectivity index (χ4n) is 5.30. The van der Waals surface area contributed by atoms with Crippen molar-refractivity contribution in [2.75, 3.05) is 0 Å². The zero-order valence-electron chi connectivity index (χ0n) is 18.9. The highest BCUT2D eigenvalue weighted by Gasteiger charge is 2.57. The number of azo groups is 1. The standard InChI is InChI=1S/C24H28F3N3O2/c1-6-23(14-7-9-15(10-8-14)32-13(2)3)18-16(11-22(4,5)12-17(18)31)28-21-19(23)20(29-30-21)24(25,26)27/h7-10,13,21,28H,6,11-12H2,1-5H3/t21?,23-/m0/s1. The second-order valence-electron chi connectivity index (χ2n) is 9.77. The average Bonchev–Trinajstić information content (AvgIpc) is 3.10. The largest absolute Gasteiger partial charge is 0.491 e. The molecule has 0 saturated carbocycles. The number of alkyl halides is 3. The van der Waals surface area contributed by atoms with E-state index in [9.17, 15) is 18.0 Å². The first-order valence-corrected chi connectivity index (χ1v) is 10.9. The molecule has 1 aromatic rings. The number of nitrogens with zero attached hydrogens (tertiary/aromatic N) is 2. The van der Waals surface area contributed by atoms with E-state index in [-0.39, 0.29) is 35.7 Å². The summed E-state index contributed by atoms with van der Waals surface area (Å²) < 4.78 is 47.8. The Morgan fingerprint density at radius 1 is 1.19 bits per heavy atom. The van der Waals surface area contributed by atoms with Crippen molar-refractivity contribution in [1.29, 1.82) is 0 Å². The third-order valence-electron chi connectivity index (χ3n) is 6.39. The van der Waals surface area contributed by atoms with E-state index in [0.717, 1.165) is 0 Å². The van der Waals surface area contributed by atoms with Crippen LogP contribution in [-0.2, 0) is 10.2 Å². The number of carbonyl (C=O) groups excluding carboxylic acids is 1. The maximum Gasteiger partial charge on any atom is 0.435 e. The highest BCUT2D eigenvalue weighted by molar-refractivity contribution is 6.01. The number of ketones is 1. The maximum absolute atomic E-state index is 14.0. The van der Waals surface area contributed by atoms with Crippen LogP contribution in [0.25, 0.3) is 0 Å². The number of benzene rings is 1. The van der Waals surface area contributed by atoms with Gasteiger partial charge in [0.05, 0.1) is 11.5 Å². The van der Waals surface area contributed by atoms with E-state index in [4.69, 9.17) is 4.74 Å². The maximum atomic E-state index is 14.0. The molecule has 0 bridgehead atoms. The number of fused-ring (bicyclic) bond motifs is 1. The van der Waals surface area contributed by atoms with Crippen LogP contribution >= 0.6 is 0 Å². The van der Waals surface area contributed by atoms with Crippen LogP contribution in [0.3, 0.4) is 0 Å². The van der Waals surface area contributed by atoms with Crippen LogP contribution in [0.1, 0.15) is 59.4 Å². The Bertz CT molecular complexity index is 1040. The average molecular weight is 448 g/mol. The molecule has 0 aromatic heterocycles. The molecule has 0 amide bonds. The fourth-order valence-corrected chi connectivity index (χ4v) is 5.30. The number of rotatable bonds is 4. The topological polar surface area (TPSA) is 63.0 Å². The molecule has 0 fully saturated rings. The summed E-state index contributed by atoms with van der Waals surface area (Å²) in [7, 11) is 0. The Morgan fingerprint density at radius 2 is 1.84 bits per heavy atom. The third kappa shape index (κ3) is 3.53. The summed E-state index contributed by atoms with van der Waals surface area (Å²) in [6.45, 7) is 9.61. The van der Waals surface area contributed by atoms with Gasteiger partial charge >= 0.3 is 6.18 Å². The molecule has 0 saturated heterocycles. The van der Waals surface area contributed by atoms with Crippen molar-refractivity contribution in [2.24, 2.45) is 15.6 Å². The molecule has 2 atom stereocenters. The van der Waals surface area contributed by atoms with Crippen molar-refractivity contribution >= 4 is 5.78 Å². The first kappa shape index (κ1) is 22.6. The van der Waals surface area contributed by atoms with Crippen molar-refractivity contribution in [3.8, 4) is 5.75 Å². The molecular weight excluding hydrogens is 419 g/mol. The highest BCUT2D eigenvalue weighted by atomic mass is 19.4. The lowest BCUT2D eigenvalue weighted by atomic mass is 9.58. The molecule has 2 heterocycles. The first-order valence-electron chi connectivity index (χ1n) is 10.9. The van der Waals surface area contributed by atoms with Gasteiger partial charge in [-0.25, -0.2) is 0 Å². The second kappa shape index (κ2) is 7.46. The lowest BCUT2D eigenvalue weighted by Gasteiger charge is -2.48. The van der Waals surface area contributed by atoms with Crippen molar-refractivity contribution < 1.29 is 22.7 Å². The minimum atomic E-state index is -4.68. The summed E-state index contributed by atoms with van der Waals surface area (Å²) in [6, 6.07) is 7.03. The molecule has 1 unspecified atom stereocenters. The summed E-state index contributed by atoms with van der Waals surface area (Å²) >= 11 is 0. The van der Waals surface area contributed by atoms with Gasteiger partial charge in [0, 0.05) is 23.3 Å². The van der Waals surface area contributed by atoms with Crippen LogP contribution in [0.4, 0.5) is 13.2 Å². The summed E-state index contributed by atoms with van der Waals surface area (Å²) in [6.07, 6.45) is -4.54. The number of carbonyl (C=O) groups is 1. The lowest BCUT2D eigenvalue weighted by Crippen LogP contribution is -2.52. The van der Waals surface area contributed by atoms with Gasteiger partial charge in [-0.1, -0.05) is 32.9 Å². The Balaban J connectivity index is 1.99. The number of hydrogen-bond donors (Lipinski definition) is 1. The summed E-state index contributed by atoms with van der Waals surface area (Å²) in [4.78, 5) is 13.5. The molecule has 32 heavy (non-hydrogen) atoms. The van der Waals surface area contributed by atoms with Crippen molar-refractivity contribution in [1.82, 2.24) is 5.32 Å². The number of ether oxygens (including phenoxy) is 1. The Kier molecular flexibility index (Phi) is 5.25. The summed E-state index contributed by atoms with van der Waals surface area (Å²) in [5, 5.41) is 10.6. The highest BCUT2D eigenvalue weighted by Crippen LogP contribution is 2.56. The molecule has 8 heteroatoms. The van der Waals surface area contributed by atoms with Crippen LogP contribution in [0.15, 0.2) is 57.0 Å². The smallest absolute Gasteiger partial charge is 0.435 e. The molecule has 0 spiro atoms. The summed E-state index contributed by atoms with van der Waals surface area (Å²) in [5.41, 5.74) is -0.846. The SMILES string of the molecule is CC[C@]1(c2ccc(OC(C)C)cc2)C2=C(CC(C)(C)CC2=O)NC2N=NC(C(F)(F)F)=C21. The van der Waals surface area contributed by atoms with E-state index in [1.54, 1.807) is 24.3 Å². The molecular formula is C24H28F3N3O2. The van der Waals surface area contributed by atoms with Gasteiger partial charge in [0.1, 0.15) is 5.75 Å². The third-order valence-corrected chi connectivity index (χ3v) is 6.39. The molecule has 1 aliphatic carbocycles. The molecule has 2 aliphatic heterocycles. The zero-order chi connectivity index (χ0) is 23.5. The zero-order valence-corrected chi connectivity index (χ0v) is 18.9. The predicted octanol–water partition coefficient (Wildman–Crippen LogP) is 5.98. The van der Waals surface area contributed by atoms with Gasteiger partial charge in [-0.3, -0.25) is 4.79 Å². The van der Waals surface area contributed by atoms with Gasteiger partial charge in [-0.05, 0) is 49.8 Å². The Labute approximate surface area is 185 Å². The summed E-state index contributed by atoms with van der Waals surface area (Å²) in [5.74, 6) is 0.490. The van der Waals surface area contributed by atoms with Gasteiger partial charge in [0.2, 0.25) is 0 Å². The number of halogens is 3. The van der Waals surface area contributed by atoms with Crippen LogP contribution in [-0.4, -0.2) is 24.2 Å². The van der Waals surface area contributed by atoms with E-state index in [1.165, 1.54) is 0 Å². The molecule has 1 N–H and O–H groups in total. The fraction of sp³-hybridized carbons (Fsp3) is 0.542. The minimum absolute atomic E-state index is 0.0110. The van der Waals surface area contributed by atoms with Crippen molar-refractivity contribution in [3.05, 3.63) is 52.4 Å². The molecule has 4 rings (SSSR count). The van der Waals surface area contributed by atoms with Crippen molar-refractivity contribution in [3.63, 3.8) is 0 Å². The molecule has 172 valence electrons. The van der Waals surface area contributed by atoms with Gasteiger partial charge < -0.3 is 10.1 Å². The van der Waals surface area contributed by atoms with Crippen LogP contribution in [0, 0.1) is 5.41 Å². The van der Waals surface area contributed by atoms with Crippen LogP contribution in [0.2, 0.25) is 0 Å². The number of hydrogen-bond acceptors (Lipinski definition) is 5. The van der Waals surface area contributed by atoms with Gasteiger partial charge in [-0.2, -0.15) is 18.3 Å². The van der Waals surface area contributed by atoms with E-state index in [2.05, 4.69) is 15.5 Å². The van der Waals surface area contributed by atoms with E-state index in [1.807, 2.05) is 34.6 Å². The predicted molar refractivity (Wildman–Crippen MR) is 114 cm³/mol. The molecule has 1 aromatic carbocycles. The Hall–Kier alpha value is -2.64. The quantitative estimate of drug-likeness (QED) is 0.618. The van der Waals surface area contributed by atoms with Crippen LogP contribution < -0.4 is 10.1 Å². The van der Waals surface area contributed by atoms with E-state index >= 15 is 0 Å². The van der Waals surface area contributed by atoms with E-state index in [0.29, 0.717) is 29.0 Å². The van der Waals surface area contributed by atoms with E-state index < -0.39 is 23.5 Å². The normalized spacial score (nSPS) is 26.9. The monoisotopic (exact) mass is 447 g/mol. The van der Waals surface area contributed by atoms with Crippen molar-refractivity contribution in [2.45, 2.75) is 77.7 Å². The van der Waals surface area contributed by atoms with Crippen LogP contribution in [0.5, 0.6) is 5.75 Å². The Morgan fingerprint density at radius 3 is 2.41 bits per heavy atom. The lowest BCUT2D eigenvalue weighted by molar-refractivity contribution is -0.119. The molecule has 5 nitrogen and oxygen atoms in total. The van der Waals surface area contributed by atoms with Gasteiger partial charge in [-0.15, -0.1) is 5.11 Å². The van der Waals surface area contributed by atoms with Gasteiger partial charge in [0.15, 0.2) is 17.6 Å². The number of Topliss-reactive ketones (excluding diaryl/α,β-unsaturated/α-hetero) is 1. The molecule has 0 radical (unpaired) electrons. The molecule has 3 aliphatic rings. The number of nitrogens with one attached hydrogen (secondary N) is 1. The second-order valence-corrected chi connectivity index (χ2v) is 9.77.